The quantitative estimate of drug-likeness (QED) is 0.0271. The molecule has 0 N–H and O–H groups in total. The van der Waals surface area contributed by atoms with Gasteiger partial charge in [0, 0.05) is 25.7 Å². The number of hydrogen-bond donors (Lipinski definition) is 0. The molecule has 0 aromatic carbocycles. The number of allylic oxidation sites excluding steroid dienone is 4. The number of ether oxygens (including phenoxy) is 2. The Balaban J connectivity index is 3.48. The molecule has 0 heterocycles. The Morgan fingerprint density at radius 2 is 0.481 bits per heavy atom. The fourth-order valence-corrected chi connectivity index (χ4v) is 6.38. The van der Waals surface area contributed by atoms with Gasteiger partial charge < -0.3 is 9.47 Å². The summed E-state index contributed by atoms with van der Waals surface area (Å²) in [7, 11) is 0. The monoisotopic (exact) mass is 731 g/mol. The Morgan fingerprint density at radius 3 is 0.712 bits per heavy atom. The molecule has 0 radical (unpaired) electrons. The third kappa shape index (κ3) is 40.5. The second kappa shape index (κ2) is 41.5. The Morgan fingerprint density at radius 1 is 0.288 bits per heavy atom. The minimum atomic E-state index is -0.424. The maximum atomic E-state index is 12.0. The van der Waals surface area contributed by atoms with Crippen molar-refractivity contribution in [2.45, 2.75) is 245 Å². The molecular weight excluding hydrogens is 648 g/mol. The first-order valence-electron chi connectivity index (χ1n) is 22.3. The van der Waals surface area contributed by atoms with Gasteiger partial charge in [-0.2, -0.15) is 0 Å². The number of hydrogen-bond acceptors (Lipinski definition) is 6. The molecule has 0 bridgehead atoms. The first-order chi connectivity index (χ1) is 25.5. The van der Waals surface area contributed by atoms with Crippen molar-refractivity contribution in [3.63, 3.8) is 0 Å². The molecule has 0 atom stereocenters. The van der Waals surface area contributed by atoms with Gasteiger partial charge >= 0.3 is 23.9 Å². The number of esters is 4. The van der Waals surface area contributed by atoms with Gasteiger partial charge in [0.05, 0.1) is 0 Å². The predicted molar refractivity (Wildman–Crippen MR) is 218 cm³/mol. The summed E-state index contributed by atoms with van der Waals surface area (Å²) in [6.07, 6.45) is 46.9. The molecule has 302 valence electrons. The summed E-state index contributed by atoms with van der Waals surface area (Å²) < 4.78 is 9.96. The summed E-state index contributed by atoms with van der Waals surface area (Å²) in [5.41, 5.74) is 0. The van der Waals surface area contributed by atoms with Crippen molar-refractivity contribution in [3.05, 3.63) is 24.3 Å². The van der Waals surface area contributed by atoms with Crippen LogP contribution in [0.1, 0.15) is 245 Å². The van der Waals surface area contributed by atoms with Crippen molar-refractivity contribution >= 4 is 23.9 Å². The Kier molecular flexibility index (Phi) is 39.7. The van der Waals surface area contributed by atoms with Gasteiger partial charge in [-0.25, -0.2) is 0 Å². The molecule has 6 heteroatoms. The summed E-state index contributed by atoms with van der Waals surface area (Å²) in [5, 5.41) is 0. The molecule has 0 rings (SSSR count). The van der Waals surface area contributed by atoms with E-state index in [1.807, 2.05) is 0 Å². The lowest BCUT2D eigenvalue weighted by Crippen LogP contribution is -2.12. The lowest BCUT2D eigenvalue weighted by Gasteiger charge is -2.05. The summed E-state index contributed by atoms with van der Waals surface area (Å²) in [6.45, 7) is 4.51. The van der Waals surface area contributed by atoms with Crippen molar-refractivity contribution in [2.75, 3.05) is 0 Å². The van der Waals surface area contributed by atoms with Crippen LogP contribution < -0.4 is 0 Å². The Hall–Kier alpha value is -2.24. The van der Waals surface area contributed by atoms with E-state index in [0.29, 0.717) is 25.7 Å². The van der Waals surface area contributed by atoms with Gasteiger partial charge in [-0.05, 0) is 77.0 Å². The molecule has 0 saturated carbocycles. The van der Waals surface area contributed by atoms with E-state index < -0.39 is 23.9 Å². The highest BCUT2D eigenvalue weighted by atomic mass is 16.6. The van der Waals surface area contributed by atoms with Crippen molar-refractivity contribution in [3.8, 4) is 0 Å². The zero-order valence-corrected chi connectivity index (χ0v) is 34.2. The fraction of sp³-hybridized carbons (Fsp3) is 0.826. The number of unbranched alkanes of at least 4 members (excludes halogenated alkanes) is 27. The molecule has 6 nitrogen and oxygen atoms in total. The topological polar surface area (TPSA) is 86.7 Å². The number of rotatable bonds is 39. The molecule has 0 aromatic heterocycles. The molecule has 0 fully saturated rings. The molecule has 0 amide bonds. The van der Waals surface area contributed by atoms with Crippen LogP contribution in [0.25, 0.3) is 0 Å². The van der Waals surface area contributed by atoms with Crippen LogP contribution in [-0.2, 0) is 28.7 Å². The first-order valence-corrected chi connectivity index (χ1v) is 22.3. The van der Waals surface area contributed by atoms with Crippen LogP contribution >= 0.6 is 0 Å². The van der Waals surface area contributed by atoms with Crippen LogP contribution in [0, 0.1) is 0 Å². The van der Waals surface area contributed by atoms with Crippen molar-refractivity contribution in [1.82, 2.24) is 0 Å². The maximum absolute atomic E-state index is 12.0. The van der Waals surface area contributed by atoms with E-state index >= 15 is 0 Å². The largest absolute Gasteiger partial charge is 0.393 e. The van der Waals surface area contributed by atoms with E-state index in [-0.39, 0.29) is 12.8 Å². The van der Waals surface area contributed by atoms with Crippen LogP contribution in [0.3, 0.4) is 0 Å². The number of carbonyl (C=O) groups excluding carboxylic acids is 4. The van der Waals surface area contributed by atoms with Crippen LogP contribution in [0.2, 0.25) is 0 Å². The minimum Gasteiger partial charge on any atom is -0.393 e. The highest BCUT2D eigenvalue weighted by Gasteiger charge is 2.11. The SMILES string of the molecule is CCCCCCCC/C=C\CCCCCCCC(=O)OC(=O)CCCCCCCCC(=O)OC(=O)CCCCCCC/C=C\CCCCCCCC. The van der Waals surface area contributed by atoms with E-state index in [9.17, 15) is 19.2 Å². The lowest BCUT2D eigenvalue weighted by molar-refractivity contribution is -0.161. The Bertz CT molecular complexity index is 819. The van der Waals surface area contributed by atoms with Gasteiger partial charge in [-0.3, -0.25) is 19.2 Å². The van der Waals surface area contributed by atoms with Gasteiger partial charge in [0.2, 0.25) is 0 Å². The average Bonchev–Trinajstić information content (AvgIpc) is 3.12. The molecule has 0 unspecified atom stereocenters. The molecule has 0 saturated heterocycles. The summed E-state index contributed by atoms with van der Waals surface area (Å²) in [6, 6.07) is 0. The molecule has 0 spiro atoms. The van der Waals surface area contributed by atoms with Crippen molar-refractivity contribution in [2.24, 2.45) is 0 Å². The molecule has 0 aliphatic heterocycles. The summed E-state index contributed by atoms with van der Waals surface area (Å²) >= 11 is 0. The van der Waals surface area contributed by atoms with E-state index in [4.69, 9.17) is 9.47 Å². The lowest BCUT2D eigenvalue weighted by atomic mass is 10.1. The normalized spacial score (nSPS) is 11.5. The van der Waals surface area contributed by atoms with Gasteiger partial charge in [0.15, 0.2) is 0 Å². The van der Waals surface area contributed by atoms with E-state index in [2.05, 4.69) is 38.2 Å². The third-order valence-corrected chi connectivity index (χ3v) is 9.75. The predicted octanol–water partition coefficient (Wildman–Crippen LogP) is 14.3. The van der Waals surface area contributed by atoms with Gasteiger partial charge in [0.1, 0.15) is 0 Å². The average molecular weight is 731 g/mol. The van der Waals surface area contributed by atoms with Gasteiger partial charge in [0.25, 0.3) is 0 Å². The van der Waals surface area contributed by atoms with Crippen molar-refractivity contribution in [1.29, 1.82) is 0 Å². The second-order valence-corrected chi connectivity index (χ2v) is 15.0. The molecule has 0 aliphatic carbocycles. The zero-order chi connectivity index (χ0) is 38.0. The third-order valence-electron chi connectivity index (χ3n) is 9.75. The smallest absolute Gasteiger partial charge is 0.313 e. The highest BCUT2D eigenvalue weighted by Crippen LogP contribution is 2.14. The fourth-order valence-electron chi connectivity index (χ4n) is 6.38. The second-order valence-electron chi connectivity index (χ2n) is 15.0. The highest BCUT2D eigenvalue weighted by molar-refractivity contribution is 5.85. The maximum Gasteiger partial charge on any atom is 0.313 e. The minimum absolute atomic E-state index is 0.267. The summed E-state index contributed by atoms with van der Waals surface area (Å²) in [4.78, 5) is 47.9. The van der Waals surface area contributed by atoms with E-state index in [0.717, 1.165) is 77.0 Å². The molecule has 0 aromatic rings. The van der Waals surface area contributed by atoms with Gasteiger partial charge in [-0.15, -0.1) is 0 Å². The van der Waals surface area contributed by atoms with Crippen LogP contribution in [0.5, 0.6) is 0 Å². The first kappa shape index (κ1) is 49.8. The number of carbonyl (C=O) groups is 4. The Labute approximate surface area is 321 Å². The zero-order valence-electron chi connectivity index (χ0n) is 34.2. The molecular formula is C46H82O6. The van der Waals surface area contributed by atoms with E-state index in [1.54, 1.807) is 0 Å². The van der Waals surface area contributed by atoms with Crippen LogP contribution in [0.4, 0.5) is 0 Å². The summed E-state index contributed by atoms with van der Waals surface area (Å²) in [5.74, 6) is -1.65. The van der Waals surface area contributed by atoms with Crippen molar-refractivity contribution < 1.29 is 28.7 Å². The van der Waals surface area contributed by atoms with E-state index in [1.165, 1.54) is 116 Å². The molecule has 52 heavy (non-hydrogen) atoms. The van der Waals surface area contributed by atoms with Crippen LogP contribution in [-0.4, -0.2) is 23.9 Å². The van der Waals surface area contributed by atoms with Crippen LogP contribution in [0.15, 0.2) is 24.3 Å². The van der Waals surface area contributed by atoms with Gasteiger partial charge in [-0.1, -0.05) is 167 Å². The standard InChI is InChI=1S/C46H82O6/c1-3-5-7-9-11-13-15-17-19-21-23-25-27-31-35-39-43(47)51-45(49)41-37-33-29-30-34-38-42-46(50)52-44(48)40-36-32-28-26-24-22-20-18-16-14-12-10-8-6-4-2/h17-20H,3-16,21-42H2,1-2H3/b19-17-,20-18-. The molecule has 0 aliphatic rings.